The Morgan fingerprint density at radius 2 is 1.76 bits per heavy atom. The Morgan fingerprint density at radius 1 is 1.10 bits per heavy atom. The minimum Gasteiger partial charge on any atom is -0.279 e. The second-order valence-corrected chi connectivity index (χ2v) is 4.54. The molecule has 0 aliphatic heterocycles. The van der Waals surface area contributed by atoms with Crippen LogP contribution in [0.15, 0.2) is 59.7 Å². The second-order valence-electron chi connectivity index (χ2n) is 4.10. The van der Waals surface area contributed by atoms with E-state index < -0.39 is 4.92 Å². The minimum absolute atomic E-state index is 0.0483. The van der Waals surface area contributed by atoms with Crippen molar-refractivity contribution >= 4 is 35.3 Å². The van der Waals surface area contributed by atoms with Gasteiger partial charge in [-0.05, 0) is 35.9 Å². The molecule has 1 N–H and O–H groups in total. The second kappa shape index (κ2) is 7.21. The molecule has 5 nitrogen and oxygen atoms in total. The Bertz CT molecular complexity index is 664. The Hall–Kier alpha value is -2.66. The van der Waals surface area contributed by atoms with Crippen molar-refractivity contribution in [3.8, 4) is 0 Å². The highest BCUT2D eigenvalue weighted by atomic mass is 35.5. The van der Waals surface area contributed by atoms with Gasteiger partial charge in [0.05, 0.1) is 10.6 Å². The number of halogens is 1. The third-order valence-electron chi connectivity index (χ3n) is 2.59. The number of hydrogen-bond acceptors (Lipinski definition) is 4. The Kier molecular flexibility index (Phi) is 5.06. The lowest BCUT2D eigenvalue weighted by molar-refractivity contribution is -0.384. The zero-order valence-electron chi connectivity index (χ0n) is 10.9. The van der Waals surface area contributed by atoms with Crippen LogP contribution in [0.1, 0.15) is 5.56 Å². The molecule has 0 amide bonds. The van der Waals surface area contributed by atoms with Crippen molar-refractivity contribution in [3.63, 3.8) is 0 Å². The van der Waals surface area contributed by atoms with Gasteiger partial charge < -0.3 is 0 Å². The van der Waals surface area contributed by atoms with Gasteiger partial charge in [0.15, 0.2) is 0 Å². The average molecular weight is 302 g/mol. The van der Waals surface area contributed by atoms with Crippen LogP contribution in [0, 0.1) is 10.1 Å². The maximum atomic E-state index is 10.5. The molecule has 0 fully saturated rings. The molecule has 0 saturated heterocycles. The van der Waals surface area contributed by atoms with E-state index in [4.69, 9.17) is 11.6 Å². The molecule has 2 rings (SSSR count). The van der Waals surface area contributed by atoms with E-state index in [-0.39, 0.29) is 5.69 Å². The third-order valence-corrected chi connectivity index (χ3v) is 2.84. The SMILES string of the molecule is O=[N+]([O-])c1ccc(N/N=C/C=C/c2ccc(Cl)cc2)cc1. The summed E-state index contributed by atoms with van der Waals surface area (Å²) in [6, 6.07) is 13.5. The molecule has 0 heterocycles. The van der Waals surface area contributed by atoms with E-state index in [1.165, 1.54) is 12.1 Å². The molecule has 0 aromatic heterocycles. The number of rotatable bonds is 5. The zero-order valence-corrected chi connectivity index (χ0v) is 11.7. The molecule has 0 aliphatic rings. The van der Waals surface area contributed by atoms with E-state index >= 15 is 0 Å². The fourth-order valence-corrected chi connectivity index (χ4v) is 1.67. The number of allylic oxidation sites excluding steroid dienone is 1. The number of nitrogens with one attached hydrogen (secondary N) is 1. The van der Waals surface area contributed by atoms with Crippen LogP contribution in [0.5, 0.6) is 0 Å². The van der Waals surface area contributed by atoms with Crippen LogP contribution in [0.25, 0.3) is 6.08 Å². The van der Waals surface area contributed by atoms with Crippen molar-refractivity contribution in [2.24, 2.45) is 5.10 Å². The van der Waals surface area contributed by atoms with Gasteiger partial charge in [0.2, 0.25) is 0 Å². The first kappa shape index (κ1) is 14.7. The van der Waals surface area contributed by atoms with E-state index in [0.717, 1.165) is 5.56 Å². The summed E-state index contributed by atoms with van der Waals surface area (Å²) in [5.41, 5.74) is 4.52. The van der Waals surface area contributed by atoms with Gasteiger partial charge in [-0.15, -0.1) is 0 Å². The largest absolute Gasteiger partial charge is 0.279 e. The van der Waals surface area contributed by atoms with Gasteiger partial charge in [-0.1, -0.05) is 29.8 Å². The molecule has 0 aliphatic carbocycles. The standard InChI is InChI=1S/C15H12ClN3O2/c16-13-5-3-12(4-6-13)2-1-11-17-18-14-7-9-15(10-8-14)19(20)21/h1-11,18H/b2-1+,17-11+. The maximum absolute atomic E-state index is 10.5. The Balaban J connectivity index is 1.87. The number of non-ortho nitro benzene ring substituents is 1. The summed E-state index contributed by atoms with van der Waals surface area (Å²) in [6.07, 6.45) is 5.26. The van der Waals surface area contributed by atoms with Crippen molar-refractivity contribution < 1.29 is 4.92 Å². The summed E-state index contributed by atoms with van der Waals surface area (Å²) in [6.45, 7) is 0. The topological polar surface area (TPSA) is 67.5 Å². The number of hydrazone groups is 1. The molecule has 2 aromatic rings. The van der Waals surface area contributed by atoms with Crippen molar-refractivity contribution in [1.82, 2.24) is 0 Å². The van der Waals surface area contributed by atoms with Crippen molar-refractivity contribution in [2.75, 3.05) is 5.43 Å². The molecule has 0 saturated carbocycles. The highest BCUT2D eigenvalue weighted by Gasteiger charge is 2.02. The summed E-state index contributed by atoms with van der Waals surface area (Å²) in [7, 11) is 0. The van der Waals surface area contributed by atoms with E-state index in [1.54, 1.807) is 24.4 Å². The van der Waals surface area contributed by atoms with Gasteiger partial charge in [-0.2, -0.15) is 5.10 Å². The predicted molar refractivity (Wildman–Crippen MR) is 85.7 cm³/mol. The lowest BCUT2D eigenvalue weighted by atomic mass is 10.2. The van der Waals surface area contributed by atoms with Gasteiger partial charge in [0.1, 0.15) is 0 Å². The van der Waals surface area contributed by atoms with Crippen molar-refractivity contribution in [3.05, 3.63) is 75.3 Å². The number of nitro benzene ring substituents is 1. The van der Waals surface area contributed by atoms with Crippen LogP contribution >= 0.6 is 11.6 Å². The molecular formula is C15H12ClN3O2. The number of nitrogens with zero attached hydrogens (tertiary/aromatic N) is 2. The number of anilines is 1. The first-order valence-electron chi connectivity index (χ1n) is 6.11. The van der Waals surface area contributed by atoms with Crippen molar-refractivity contribution in [2.45, 2.75) is 0 Å². The van der Waals surface area contributed by atoms with Crippen LogP contribution < -0.4 is 5.43 Å². The fourth-order valence-electron chi connectivity index (χ4n) is 1.54. The van der Waals surface area contributed by atoms with Gasteiger partial charge in [-0.3, -0.25) is 15.5 Å². The molecular weight excluding hydrogens is 290 g/mol. The molecule has 21 heavy (non-hydrogen) atoms. The highest BCUT2D eigenvalue weighted by molar-refractivity contribution is 6.30. The first-order valence-corrected chi connectivity index (χ1v) is 6.49. The highest BCUT2D eigenvalue weighted by Crippen LogP contribution is 2.15. The van der Waals surface area contributed by atoms with E-state index in [0.29, 0.717) is 10.7 Å². The molecule has 0 bridgehead atoms. The molecule has 0 radical (unpaired) electrons. The summed E-state index contributed by atoms with van der Waals surface area (Å²) in [4.78, 5) is 10.1. The zero-order chi connectivity index (χ0) is 15.1. The lowest BCUT2D eigenvalue weighted by Gasteiger charge is -1.98. The van der Waals surface area contributed by atoms with Gasteiger partial charge in [0, 0.05) is 23.4 Å². The van der Waals surface area contributed by atoms with Crippen LogP contribution in [-0.2, 0) is 0 Å². The molecule has 0 spiro atoms. The van der Waals surface area contributed by atoms with Crippen LogP contribution in [-0.4, -0.2) is 11.1 Å². The molecule has 2 aromatic carbocycles. The number of hydrogen-bond donors (Lipinski definition) is 1. The molecule has 6 heteroatoms. The van der Waals surface area contributed by atoms with Gasteiger partial charge >= 0.3 is 0 Å². The summed E-state index contributed by atoms with van der Waals surface area (Å²) in [5.74, 6) is 0. The summed E-state index contributed by atoms with van der Waals surface area (Å²) >= 11 is 5.79. The predicted octanol–water partition coefficient (Wildman–Crippen LogP) is 4.36. The van der Waals surface area contributed by atoms with Gasteiger partial charge in [0.25, 0.3) is 5.69 Å². The lowest BCUT2D eigenvalue weighted by Crippen LogP contribution is -1.90. The summed E-state index contributed by atoms with van der Waals surface area (Å²) in [5, 5.41) is 15.2. The van der Waals surface area contributed by atoms with Gasteiger partial charge in [-0.25, -0.2) is 0 Å². The molecule has 0 unspecified atom stereocenters. The minimum atomic E-state index is -0.443. The third kappa shape index (κ3) is 4.74. The Morgan fingerprint density at radius 3 is 2.38 bits per heavy atom. The monoisotopic (exact) mass is 301 g/mol. The quantitative estimate of drug-likeness (QED) is 0.507. The number of nitro groups is 1. The van der Waals surface area contributed by atoms with Crippen molar-refractivity contribution in [1.29, 1.82) is 0 Å². The normalized spacial score (nSPS) is 11.1. The van der Waals surface area contributed by atoms with Crippen LogP contribution in [0.3, 0.4) is 0 Å². The summed E-state index contributed by atoms with van der Waals surface area (Å²) < 4.78 is 0. The first-order chi connectivity index (χ1) is 10.1. The number of benzene rings is 2. The molecule has 0 atom stereocenters. The van der Waals surface area contributed by atoms with E-state index in [1.807, 2.05) is 30.3 Å². The smallest absolute Gasteiger partial charge is 0.269 e. The average Bonchev–Trinajstić information content (AvgIpc) is 2.49. The molecule has 106 valence electrons. The van der Waals surface area contributed by atoms with E-state index in [9.17, 15) is 10.1 Å². The fraction of sp³-hybridized carbons (Fsp3) is 0. The van der Waals surface area contributed by atoms with E-state index in [2.05, 4.69) is 10.5 Å². The maximum Gasteiger partial charge on any atom is 0.269 e. The van der Waals surface area contributed by atoms with Crippen LogP contribution in [0.2, 0.25) is 5.02 Å². The van der Waals surface area contributed by atoms with Crippen LogP contribution in [0.4, 0.5) is 11.4 Å². The Labute approximate surface area is 126 Å².